The summed E-state index contributed by atoms with van der Waals surface area (Å²) in [5.41, 5.74) is 0.382. The Morgan fingerprint density at radius 1 is 1.60 bits per heavy atom. The van der Waals surface area contributed by atoms with E-state index >= 15 is 0 Å². The molecule has 0 N–H and O–H groups in total. The normalized spacial score (nSPS) is 35.8. The number of likely N-dealkylation sites (tertiary alicyclic amines) is 1. The molecule has 10 heavy (non-hydrogen) atoms. The first-order chi connectivity index (χ1) is 4.66. The predicted molar refractivity (Wildman–Crippen MR) is 45.0 cm³/mol. The van der Waals surface area contributed by atoms with E-state index < -0.39 is 0 Å². The highest BCUT2D eigenvalue weighted by Crippen LogP contribution is 2.29. The molecular weight excluding hydrogens is 122 g/mol. The van der Waals surface area contributed by atoms with Gasteiger partial charge in [-0.3, -0.25) is 0 Å². The third-order valence-electron chi connectivity index (χ3n) is 2.41. The minimum absolute atomic E-state index is 0.382. The van der Waals surface area contributed by atoms with Gasteiger partial charge >= 0.3 is 0 Å². The molecule has 58 valence electrons. The van der Waals surface area contributed by atoms with Crippen molar-refractivity contribution in [1.82, 2.24) is 4.90 Å². The first-order valence-electron chi connectivity index (χ1n) is 3.98. The van der Waals surface area contributed by atoms with Gasteiger partial charge in [0.15, 0.2) is 0 Å². The summed E-state index contributed by atoms with van der Waals surface area (Å²) in [5.74, 6) is 0. The molecule has 1 heterocycles. The maximum atomic E-state index is 3.86. The maximum Gasteiger partial charge on any atom is 0.00669 e. The van der Waals surface area contributed by atoms with Gasteiger partial charge in [0.1, 0.15) is 0 Å². The number of rotatable bonds is 1. The van der Waals surface area contributed by atoms with Crippen LogP contribution >= 0.6 is 0 Å². The Hall–Kier alpha value is -0.300. The van der Waals surface area contributed by atoms with E-state index in [0.29, 0.717) is 5.41 Å². The molecule has 0 spiro atoms. The van der Waals surface area contributed by atoms with E-state index in [1.54, 1.807) is 0 Å². The second-order valence-corrected chi connectivity index (χ2v) is 3.70. The van der Waals surface area contributed by atoms with Crippen LogP contribution in [0.2, 0.25) is 0 Å². The lowest BCUT2D eigenvalue weighted by atomic mass is 9.82. The molecule has 0 aliphatic carbocycles. The number of hydrogen-bond acceptors (Lipinski definition) is 1. The van der Waals surface area contributed by atoms with E-state index in [1.807, 2.05) is 0 Å². The Morgan fingerprint density at radius 2 is 2.30 bits per heavy atom. The van der Waals surface area contributed by atoms with E-state index in [2.05, 4.69) is 31.5 Å². The Bertz CT molecular complexity index is 131. The molecule has 1 atom stereocenters. The summed E-state index contributed by atoms with van der Waals surface area (Å²) in [6.07, 6.45) is 4.72. The van der Waals surface area contributed by atoms with Gasteiger partial charge in [0, 0.05) is 6.54 Å². The van der Waals surface area contributed by atoms with Gasteiger partial charge in [0.05, 0.1) is 0 Å². The van der Waals surface area contributed by atoms with Crippen molar-refractivity contribution in [2.45, 2.75) is 19.8 Å². The van der Waals surface area contributed by atoms with Crippen molar-refractivity contribution in [2.24, 2.45) is 5.41 Å². The van der Waals surface area contributed by atoms with E-state index in [1.165, 1.54) is 25.9 Å². The highest BCUT2D eigenvalue weighted by Gasteiger charge is 2.25. The molecule has 0 aromatic heterocycles. The van der Waals surface area contributed by atoms with E-state index in [0.717, 1.165) is 0 Å². The molecule has 1 rings (SSSR count). The molecule has 1 unspecified atom stereocenters. The van der Waals surface area contributed by atoms with Crippen LogP contribution in [-0.4, -0.2) is 25.0 Å². The van der Waals surface area contributed by atoms with Crippen molar-refractivity contribution in [1.29, 1.82) is 0 Å². The molecule has 1 heteroatoms. The van der Waals surface area contributed by atoms with Crippen LogP contribution in [-0.2, 0) is 0 Å². The van der Waals surface area contributed by atoms with Gasteiger partial charge in [-0.15, -0.1) is 6.58 Å². The zero-order chi connectivity index (χ0) is 7.61. The van der Waals surface area contributed by atoms with E-state index in [-0.39, 0.29) is 0 Å². The standard InChI is InChI=1S/C9H17N/c1-4-9(2)6-5-7-10(3)8-9/h4H,1,5-8H2,2-3H3. The van der Waals surface area contributed by atoms with Crippen LogP contribution in [0.1, 0.15) is 19.8 Å². The first kappa shape index (κ1) is 7.80. The minimum atomic E-state index is 0.382. The van der Waals surface area contributed by atoms with Gasteiger partial charge in [-0.25, -0.2) is 0 Å². The highest BCUT2D eigenvalue weighted by molar-refractivity contribution is 4.95. The number of nitrogens with zero attached hydrogens (tertiary/aromatic N) is 1. The van der Waals surface area contributed by atoms with Crippen molar-refractivity contribution in [3.8, 4) is 0 Å². The lowest BCUT2D eigenvalue weighted by molar-refractivity contribution is 0.168. The molecular formula is C9H17N. The summed E-state index contributed by atoms with van der Waals surface area (Å²) in [6, 6.07) is 0. The predicted octanol–water partition coefficient (Wildman–Crippen LogP) is 1.90. The number of hydrogen-bond donors (Lipinski definition) is 0. The molecule has 1 saturated heterocycles. The fourth-order valence-electron chi connectivity index (χ4n) is 1.69. The van der Waals surface area contributed by atoms with Crippen molar-refractivity contribution in [3.05, 3.63) is 12.7 Å². The molecule has 0 bridgehead atoms. The molecule has 1 fully saturated rings. The molecule has 0 saturated carbocycles. The van der Waals surface area contributed by atoms with Gasteiger partial charge in [0.25, 0.3) is 0 Å². The van der Waals surface area contributed by atoms with Crippen molar-refractivity contribution >= 4 is 0 Å². The summed E-state index contributed by atoms with van der Waals surface area (Å²) >= 11 is 0. The smallest absolute Gasteiger partial charge is 0.00669 e. The van der Waals surface area contributed by atoms with Gasteiger partial charge < -0.3 is 4.90 Å². The maximum absolute atomic E-state index is 3.86. The fourth-order valence-corrected chi connectivity index (χ4v) is 1.69. The Morgan fingerprint density at radius 3 is 2.70 bits per heavy atom. The molecule has 1 nitrogen and oxygen atoms in total. The third-order valence-corrected chi connectivity index (χ3v) is 2.41. The van der Waals surface area contributed by atoms with E-state index in [4.69, 9.17) is 0 Å². The molecule has 0 radical (unpaired) electrons. The van der Waals surface area contributed by atoms with Gasteiger partial charge in [-0.1, -0.05) is 13.0 Å². The average Bonchev–Trinajstić information content (AvgIpc) is 1.88. The summed E-state index contributed by atoms with van der Waals surface area (Å²) in [6.45, 7) is 8.58. The quantitative estimate of drug-likeness (QED) is 0.501. The molecule has 0 aromatic carbocycles. The summed E-state index contributed by atoms with van der Waals surface area (Å²) < 4.78 is 0. The molecule has 0 aromatic rings. The molecule has 0 amide bonds. The van der Waals surface area contributed by atoms with Crippen LogP contribution in [0.4, 0.5) is 0 Å². The van der Waals surface area contributed by atoms with Gasteiger partial charge in [0.2, 0.25) is 0 Å². The summed E-state index contributed by atoms with van der Waals surface area (Å²) in [5, 5.41) is 0. The average molecular weight is 139 g/mol. The topological polar surface area (TPSA) is 3.24 Å². The molecule has 1 aliphatic heterocycles. The monoisotopic (exact) mass is 139 g/mol. The second kappa shape index (κ2) is 2.75. The minimum Gasteiger partial charge on any atom is -0.306 e. The van der Waals surface area contributed by atoms with Gasteiger partial charge in [-0.2, -0.15) is 0 Å². The zero-order valence-electron chi connectivity index (χ0n) is 7.06. The van der Waals surface area contributed by atoms with Crippen LogP contribution in [0.5, 0.6) is 0 Å². The van der Waals surface area contributed by atoms with Crippen LogP contribution in [0.3, 0.4) is 0 Å². The van der Waals surface area contributed by atoms with E-state index in [9.17, 15) is 0 Å². The zero-order valence-corrected chi connectivity index (χ0v) is 7.06. The van der Waals surface area contributed by atoms with Crippen molar-refractivity contribution in [2.75, 3.05) is 20.1 Å². The van der Waals surface area contributed by atoms with Gasteiger partial charge in [-0.05, 0) is 31.8 Å². The largest absolute Gasteiger partial charge is 0.306 e. The van der Waals surface area contributed by atoms with Crippen molar-refractivity contribution < 1.29 is 0 Å². The Kier molecular flexibility index (Phi) is 2.14. The van der Waals surface area contributed by atoms with Crippen LogP contribution in [0.25, 0.3) is 0 Å². The number of piperidine rings is 1. The highest BCUT2D eigenvalue weighted by atomic mass is 15.1. The van der Waals surface area contributed by atoms with Crippen LogP contribution < -0.4 is 0 Å². The Labute approximate surface area is 63.7 Å². The molecule has 1 aliphatic rings. The third kappa shape index (κ3) is 1.60. The summed E-state index contributed by atoms with van der Waals surface area (Å²) in [4.78, 5) is 2.38. The Balaban J connectivity index is 2.53. The van der Waals surface area contributed by atoms with Crippen molar-refractivity contribution in [3.63, 3.8) is 0 Å². The van der Waals surface area contributed by atoms with Crippen LogP contribution in [0, 0.1) is 5.41 Å². The lowest BCUT2D eigenvalue weighted by Gasteiger charge is -2.36. The first-order valence-corrected chi connectivity index (χ1v) is 3.98. The second-order valence-electron chi connectivity index (χ2n) is 3.70. The fraction of sp³-hybridized carbons (Fsp3) is 0.778. The SMILES string of the molecule is C=CC1(C)CCCN(C)C1. The van der Waals surface area contributed by atoms with Crippen LogP contribution in [0.15, 0.2) is 12.7 Å². The lowest BCUT2D eigenvalue weighted by Crippen LogP contribution is -2.37. The summed E-state index contributed by atoms with van der Waals surface area (Å²) in [7, 11) is 2.18.